The van der Waals surface area contributed by atoms with E-state index in [1.807, 2.05) is 0 Å². The van der Waals surface area contributed by atoms with Gasteiger partial charge in [0, 0.05) is 38.6 Å². The van der Waals surface area contributed by atoms with Gasteiger partial charge in [-0.2, -0.15) is 0 Å². The topological polar surface area (TPSA) is 61.8 Å². The van der Waals surface area contributed by atoms with Crippen LogP contribution in [0.5, 0.6) is 0 Å². The summed E-state index contributed by atoms with van der Waals surface area (Å²) in [5.74, 6) is -0.151. The third-order valence-electron chi connectivity index (χ3n) is 2.42. The SMILES string of the molecule is C=C(CCN1C(=O)CCCC1=O)NC=NC. The largest absolute Gasteiger partial charge is 0.351 e. The highest BCUT2D eigenvalue weighted by atomic mass is 16.2. The van der Waals surface area contributed by atoms with Crippen molar-refractivity contribution in [1.82, 2.24) is 10.2 Å². The fraction of sp³-hybridized carbons (Fsp3) is 0.545. The maximum Gasteiger partial charge on any atom is 0.229 e. The van der Waals surface area contributed by atoms with Crippen molar-refractivity contribution in [2.75, 3.05) is 13.6 Å². The Kier molecular flexibility index (Phi) is 4.69. The van der Waals surface area contributed by atoms with Gasteiger partial charge in [-0.05, 0) is 6.42 Å². The number of carbonyl (C=O) groups is 2. The fourth-order valence-electron chi connectivity index (χ4n) is 1.52. The Morgan fingerprint density at radius 2 is 2.12 bits per heavy atom. The standard InChI is InChI=1S/C11H17N3O2/c1-9(13-8-12-2)6-7-14-10(15)4-3-5-11(14)16/h8H,1,3-7H2,2H3,(H,12,13). The number of aliphatic imine (C=N–C) groups is 1. The molecular formula is C11H17N3O2. The van der Waals surface area contributed by atoms with Gasteiger partial charge >= 0.3 is 0 Å². The second kappa shape index (κ2) is 6.05. The van der Waals surface area contributed by atoms with E-state index in [0.717, 1.165) is 5.70 Å². The van der Waals surface area contributed by atoms with Crippen molar-refractivity contribution in [2.24, 2.45) is 4.99 Å². The summed E-state index contributed by atoms with van der Waals surface area (Å²) in [6, 6.07) is 0. The number of piperidine rings is 1. The molecule has 0 atom stereocenters. The molecule has 2 amide bonds. The molecule has 0 spiro atoms. The number of amides is 2. The van der Waals surface area contributed by atoms with Crippen LogP contribution in [0.15, 0.2) is 17.3 Å². The second-order valence-corrected chi connectivity index (χ2v) is 3.68. The van der Waals surface area contributed by atoms with E-state index < -0.39 is 0 Å². The van der Waals surface area contributed by atoms with Crippen molar-refractivity contribution < 1.29 is 9.59 Å². The first-order chi connectivity index (χ1) is 7.65. The van der Waals surface area contributed by atoms with Gasteiger partial charge < -0.3 is 5.32 Å². The van der Waals surface area contributed by atoms with Crippen molar-refractivity contribution in [3.05, 3.63) is 12.3 Å². The van der Waals surface area contributed by atoms with Crippen LogP contribution in [0.25, 0.3) is 0 Å². The van der Waals surface area contributed by atoms with Gasteiger partial charge in [-0.1, -0.05) is 6.58 Å². The Morgan fingerprint density at radius 3 is 2.69 bits per heavy atom. The third-order valence-corrected chi connectivity index (χ3v) is 2.42. The van der Waals surface area contributed by atoms with Crippen LogP contribution in [0, 0.1) is 0 Å². The Labute approximate surface area is 95.2 Å². The quantitative estimate of drug-likeness (QED) is 0.423. The summed E-state index contributed by atoms with van der Waals surface area (Å²) >= 11 is 0. The van der Waals surface area contributed by atoms with Crippen LogP contribution in [0.1, 0.15) is 25.7 Å². The number of nitrogens with zero attached hydrogens (tertiary/aromatic N) is 2. The molecule has 1 rings (SSSR count). The Hall–Kier alpha value is -1.65. The van der Waals surface area contributed by atoms with E-state index in [1.165, 1.54) is 11.2 Å². The molecule has 16 heavy (non-hydrogen) atoms. The van der Waals surface area contributed by atoms with Gasteiger partial charge in [-0.25, -0.2) is 0 Å². The molecule has 1 aliphatic heterocycles. The minimum absolute atomic E-state index is 0.0757. The number of imide groups is 1. The van der Waals surface area contributed by atoms with Gasteiger partial charge in [0.05, 0.1) is 6.34 Å². The van der Waals surface area contributed by atoms with E-state index in [-0.39, 0.29) is 11.8 Å². The first-order valence-corrected chi connectivity index (χ1v) is 5.33. The molecule has 0 bridgehead atoms. The molecule has 0 aromatic heterocycles. The Balaban J connectivity index is 2.38. The normalized spacial score (nSPS) is 16.9. The number of carbonyl (C=O) groups excluding carboxylic acids is 2. The summed E-state index contributed by atoms with van der Waals surface area (Å²) < 4.78 is 0. The molecule has 0 saturated carbocycles. The molecule has 1 fully saturated rings. The molecule has 1 saturated heterocycles. The van der Waals surface area contributed by atoms with Gasteiger partial charge in [0.15, 0.2) is 0 Å². The molecule has 5 heteroatoms. The lowest BCUT2D eigenvalue weighted by atomic mass is 10.1. The summed E-state index contributed by atoms with van der Waals surface area (Å²) in [6.07, 6.45) is 3.71. The van der Waals surface area contributed by atoms with Gasteiger partial charge in [0.2, 0.25) is 11.8 Å². The fourth-order valence-corrected chi connectivity index (χ4v) is 1.52. The number of hydrogen-bond acceptors (Lipinski definition) is 3. The van der Waals surface area contributed by atoms with Crippen LogP contribution < -0.4 is 5.32 Å². The molecule has 0 aliphatic carbocycles. The molecule has 0 radical (unpaired) electrons. The smallest absolute Gasteiger partial charge is 0.229 e. The molecule has 5 nitrogen and oxygen atoms in total. The van der Waals surface area contributed by atoms with Gasteiger partial charge in [-0.3, -0.25) is 19.5 Å². The number of rotatable bonds is 5. The monoisotopic (exact) mass is 223 g/mol. The van der Waals surface area contributed by atoms with Crippen LogP contribution in [-0.2, 0) is 9.59 Å². The molecular weight excluding hydrogens is 206 g/mol. The van der Waals surface area contributed by atoms with Gasteiger partial charge in [-0.15, -0.1) is 0 Å². The van der Waals surface area contributed by atoms with Crippen LogP contribution in [-0.4, -0.2) is 36.6 Å². The molecule has 1 aliphatic rings. The average Bonchev–Trinajstić information content (AvgIpc) is 2.25. The zero-order chi connectivity index (χ0) is 12.0. The van der Waals surface area contributed by atoms with Crippen LogP contribution >= 0.6 is 0 Å². The van der Waals surface area contributed by atoms with E-state index >= 15 is 0 Å². The lowest BCUT2D eigenvalue weighted by molar-refractivity contribution is -0.147. The van der Waals surface area contributed by atoms with Gasteiger partial charge in [0.1, 0.15) is 0 Å². The summed E-state index contributed by atoms with van der Waals surface area (Å²) in [5, 5.41) is 2.87. The second-order valence-electron chi connectivity index (χ2n) is 3.68. The lowest BCUT2D eigenvalue weighted by Crippen LogP contribution is -2.41. The minimum Gasteiger partial charge on any atom is -0.351 e. The maximum absolute atomic E-state index is 11.5. The van der Waals surface area contributed by atoms with Crippen molar-refractivity contribution >= 4 is 18.2 Å². The third kappa shape index (κ3) is 3.49. The van der Waals surface area contributed by atoms with Crippen LogP contribution in [0.4, 0.5) is 0 Å². The van der Waals surface area contributed by atoms with Crippen molar-refractivity contribution in [2.45, 2.75) is 25.7 Å². The first-order valence-electron chi connectivity index (χ1n) is 5.33. The zero-order valence-corrected chi connectivity index (χ0v) is 9.53. The van der Waals surface area contributed by atoms with Gasteiger partial charge in [0.25, 0.3) is 0 Å². The van der Waals surface area contributed by atoms with E-state index in [0.29, 0.717) is 32.2 Å². The highest BCUT2D eigenvalue weighted by Gasteiger charge is 2.25. The summed E-state index contributed by atoms with van der Waals surface area (Å²) in [4.78, 5) is 28.0. The molecule has 0 aromatic carbocycles. The minimum atomic E-state index is -0.0757. The highest BCUT2D eigenvalue weighted by Crippen LogP contribution is 2.13. The maximum atomic E-state index is 11.5. The average molecular weight is 223 g/mol. The highest BCUT2D eigenvalue weighted by molar-refractivity contribution is 5.97. The predicted molar refractivity (Wildman–Crippen MR) is 61.9 cm³/mol. The first kappa shape index (κ1) is 12.4. The van der Waals surface area contributed by atoms with E-state index in [2.05, 4.69) is 16.9 Å². The molecule has 0 unspecified atom stereocenters. The number of hydrogen-bond donors (Lipinski definition) is 1. The van der Waals surface area contributed by atoms with Crippen LogP contribution in [0.2, 0.25) is 0 Å². The van der Waals surface area contributed by atoms with E-state index in [4.69, 9.17) is 0 Å². The lowest BCUT2D eigenvalue weighted by Gasteiger charge is -2.24. The summed E-state index contributed by atoms with van der Waals surface area (Å²) in [6.45, 7) is 4.18. The number of nitrogens with one attached hydrogen (secondary N) is 1. The van der Waals surface area contributed by atoms with Crippen LogP contribution in [0.3, 0.4) is 0 Å². The zero-order valence-electron chi connectivity index (χ0n) is 9.53. The molecule has 0 aromatic rings. The van der Waals surface area contributed by atoms with Crippen molar-refractivity contribution in [1.29, 1.82) is 0 Å². The Morgan fingerprint density at radius 1 is 1.50 bits per heavy atom. The molecule has 88 valence electrons. The number of likely N-dealkylation sites (tertiary alicyclic amines) is 1. The molecule has 1 N–H and O–H groups in total. The van der Waals surface area contributed by atoms with E-state index in [1.54, 1.807) is 7.05 Å². The molecule has 1 heterocycles. The van der Waals surface area contributed by atoms with Crippen molar-refractivity contribution in [3.63, 3.8) is 0 Å². The predicted octanol–water partition coefficient (Wildman–Crippen LogP) is 0.677. The van der Waals surface area contributed by atoms with E-state index in [9.17, 15) is 9.59 Å². The summed E-state index contributed by atoms with van der Waals surface area (Å²) in [5.41, 5.74) is 0.747. The summed E-state index contributed by atoms with van der Waals surface area (Å²) in [7, 11) is 1.65. The van der Waals surface area contributed by atoms with Crippen molar-refractivity contribution in [3.8, 4) is 0 Å². The Bertz CT molecular complexity index is 307.